The molecule has 3 heteroatoms. The Hall–Kier alpha value is -1.22. The Balaban J connectivity index is 2.00. The van der Waals surface area contributed by atoms with Crippen LogP contribution in [0.15, 0.2) is 30.5 Å². The molecule has 0 amide bonds. The minimum Gasteiger partial charge on any atom is -0.342 e. The fourth-order valence-electron chi connectivity index (χ4n) is 1.96. The maximum Gasteiger partial charge on any atom is 0.109 e. The molecule has 0 saturated heterocycles. The first-order chi connectivity index (χ1) is 7.88. The lowest BCUT2D eigenvalue weighted by Gasteiger charge is -2.04. The van der Waals surface area contributed by atoms with Crippen molar-refractivity contribution < 1.29 is 0 Å². The van der Waals surface area contributed by atoms with Crippen molar-refractivity contribution in [3.05, 3.63) is 41.9 Å². The second-order valence-electron chi connectivity index (χ2n) is 4.27. The standard InChI is InChI=1S/C13H14N2S/c16-8-10-3-1-2-4-11(10)12-7-14-13(15-12)9-5-6-9/h1-4,7,9,16H,5-6,8H2,(H,14,15). The second-order valence-corrected chi connectivity index (χ2v) is 4.59. The highest BCUT2D eigenvalue weighted by Crippen LogP contribution is 2.39. The van der Waals surface area contributed by atoms with Crippen LogP contribution in [0.2, 0.25) is 0 Å². The molecule has 1 N–H and O–H groups in total. The molecule has 82 valence electrons. The Morgan fingerprint density at radius 1 is 1.31 bits per heavy atom. The normalized spacial score (nSPS) is 15.3. The van der Waals surface area contributed by atoms with Gasteiger partial charge < -0.3 is 4.98 Å². The third kappa shape index (κ3) is 1.76. The van der Waals surface area contributed by atoms with Gasteiger partial charge in [-0.15, -0.1) is 0 Å². The minimum absolute atomic E-state index is 0.678. The topological polar surface area (TPSA) is 28.7 Å². The van der Waals surface area contributed by atoms with Crippen LogP contribution in [-0.4, -0.2) is 9.97 Å². The maximum absolute atomic E-state index is 4.45. The smallest absolute Gasteiger partial charge is 0.109 e. The van der Waals surface area contributed by atoms with E-state index < -0.39 is 0 Å². The van der Waals surface area contributed by atoms with Gasteiger partial charge in [-0.25, -0.2) is 4.98 Å². The maximum atomic E-state index is 4.45. The van der Waals surface area contributed by atoms with Crippen molar-refractivity contribution in [3.63, 3.8) is 0 Å². The van der Waals surface area contributed by atoms with Crippen molar-refractivity contribution >= 4 is 12.6 Å². The van der Waals surface area contributed by atoms with E-state index in [4.69, 9.17) is 0 Å². The van der Waals surface area contributed by atoms with Gasteiger partial charge in [0.25, 0.3) is 0 Å². The van der Waals surface area contributed by atoms with Gasteiger partial charge in [0.2, 0.25) is 0 Å². The number of rotatable bonds is 3. The molecule has 2 nitrogen and oxygen atoms in total. The highest BCUT2D eigenvalue weighted by atomic mass is 32.1. The zero-order valence-electron chi connectivity index (χ0n) is 8.98. The van der Waals surface area contributed by atoms with E-state index in [1.165, 1.54) is 24.0 Å². The number of hydrogen-bond acceptors (Lipinski definition) is 2. The molecule has 0 spiro atoms. The van der Waals surface area contributed by atoms with Crippen LogP contribution in [0.25, 0.3) is 11.3 Å². The zero-order valence-corrected chi connectivity index (χ0v) is 9.87. The first-order valence-electron chi connectivity index (χ1n) is 5.62. The average Bonchev–Trinajstić information content (AvgIpc) is 3.07. The molecule has 1 aromatic heterocycles. The summed E-state index contributed by atoms with van der Waals surface area (Å²) in [5.41, 5.74) is 3.58. The quantitative estimate of drug-likeness (QED) is 0.777. The zero-order chi connectivity index (χ0) is 11.0. The summed E-state index contributed by atoms with van der Waals surface area (Å²) in [6.07, 6.45) is 4.50. The molecule has 0 unspecified atom stereocenters. The lowest BCUT2D eigenvalue weighted by atomic mass is 10.1. The Bertz CT molecular complexity index is 500. The van der Waals surface area contributed by atoms with E-state index in [0.717, 1.165) is 17.3 Å². The summed E-state index contributed by atoms with van der Waals surface area (Å²) >= 11 is 4.36. The molecule has 1 aliphatic carbocycles. The van der Waals surface area contributed by atoms with Gasteiger partial charge in [-0.3, -0.25) is 0 Å². The van der Waals surface area contributed by atoms with E-state index in [1.54, 1.807) is 0 Å². The molecule has 16 heavy (non-hydrogen) atoms. The molecule has 0 bridgehead atoms. The summed E-state index contributed by atoms with van der Waals surface area (Å²) in [7, 11) is 0. The Morgan fingerprint density at radius 2 is 2.12 bits per heavy atom. The van der Waals surface area contributed by atoms with Crippen LogP contribution < -0.4 is 0 Å². The average molecular weight is 230 g/mol. The molecule has 0 atom stereocenters. The fourth-order valence-corrected chi connectivity index (χ4v) is 2.23. The van der Waals surface area contributed by atoms with E-state index >= 15 is 0 Å². The number of thiol groups is 1. The summed E-state index contributed by atoms with van der Waals surface area (Å²) in [5.74, 6) is 2.58. The molecule has 1 saturated carbocycles. The van der Waals surface area contributed by atoms with E-state index in [-0.39, 0.29) is 0 Å². The van der Waals surface area contributed by atoms with Gasteiger partial charge in [0.1, 0.15) is 5.82 Å². The second kappa shape index (κ2) is 3.98. The van der Waals surface area contributed by atoms with Crippen LogP contribution in [0.4, 0.5) is 0 Å². The molecule has 1 heterocycles. The number of imidazole rings is 1. The summed E-state index contributed by atoms with van der Waals surface area (Å²) in [4.78, 5) is 7.87. The third-order valence-corrected chi connectivity index (χ3v) is 3.38. The van der Waals surface area contributed by atoms with Crippen LogP contribution in [0.1, 0.15) is 30.1 Å². The number of aromatic amines is 1. The molecular formula is C13H14N2S. The number of benzene rings is 1. The molecule has 0 aliphatic heterocycles. The van der Waals surface area contributed by atoms with Gasteiger partial charge >= 0.3 is 0 Å². The molecule has 3 rings (SSSR count). The van der Waals surface area contributed by atoms with Crippen LogP contribution in [0.3, 0.4) is 0 Å². The van der Waals surface area contributed by atoms with Gasteiger partial charge in [0, 0.05) is 17.2 Å². The summed E-state index contributed by atoms with van der Waals surface area (Å²) in [5, 5.41) is 0. The van der Waals surface area contributed by atoms with Crippen molar-refractivity contribution in [1.82, 2.24) is 9.97 Å². The summed E-state index contributed by atoms with van der Waals surface area (Å²) in [6.45, 7) is 0. The van der Waals surface area contributed by atoms with Gasteiger partial charge in [-0.1, -0.05) is 24.3 Å². The molecule has 1 fully saturated rings. The van der Waals surface area contributed by atoms with Gasteiger partial charge in [-0.2, -0.15) is 12.6 Å². The van der Waals surface area contributed by atoms with Crippen LogP contribution >= 0.6 is 12.6 Å². The lowest BCUT2D eigenvalue weighted by molar-refractivity contribution is 0.976. The number of hydrogen-bond donors (Lipinski definition) is 2. The van der Waals surface area contributed by atoms with Crippen LogP contribution in [-0.2, 0) is 5.75 Å². The van der Waals surface area contributed by atoms with E-state index in [9.17, 15) is 0 Å². The van der Waals surface area contributed by atoms with E-state index in [2.05, 4.69) is 40.8 Å². The molecular weight excluding hydrogens is 216 g/mol. The number of H-pyrrole nitrogens is 1. The molecule has 1 aliphatic rings. The number of nitrogens with zero attached hydrogens (tertiary/aromatic N) is 1. The monoisotopic (exact) mass is 230 g/mol. The van der Waals surface area contributed by atoms with Gasteiger partial charge in [0.15, 0.2) is 0 Å². The SMILES string of the molecule is SCc1ccccc1-c1cnc(C2CC2)[nH]1. The Labute approximate surface area is 101 Å². The first kappa shape index (κ1) is 9.97. The molecule has 1 aromatic carbocycles. The van der Waals surface area contributed by atoms with Crippen molar-refractivity contribution in [2.75, 3.05) is 0 Å². The fraction of sp³-hybridized carbons (Fsp3) is 0.308. The predicted octanol–water partition coefficient (Wildman–Crippen LogP) is 3.38. The highest BCUT2D eigenvalue weighted by Gasteiger charge is 2.26. The largest absolute Gasteiger partial charge is 0.342 e. The van der Waals surface area contributed by atoms with Gasteiger partial charge in [-0.05, 0) is 18.4 Å². The predicted molar refractivity (Wildman–Crippen MR) is 68.7 cm³/mol. The first-order valence-corrected chi connectivity index (χ1v) is 6.26. The third-order valence-electron chi connectivity index (χ3n) is 3.04. The molecule has 0 radical (unpaired) electrons. The van der Waals surface area contributed by atoms with Crippen molar-refractivity contribution in [2.45, 2.75) is 24.5 Å². The summed E-state index contributed by atoms with van der Waals surface area (Å²) in [6, 6.07) is 8.34. The van der Waals surface area contributed by atoms with Crippen LogP contribution in [0, 0.1) is 0 Å². The Morgan fingerprint density at radius 3 is 2.88 bits per heavy atom. The Kier molecular flexibility index (Phi) is 2.48. The summed E-state index contributed by atoms with van der Waals surface area (Å²) < 4.78 is 0. The van der Waals surface area contributed by atoms with Crippen molar-refractivity contribution in [1.29, 1.82) is 0 Å². The van der Waals surface area contributed by atoms with E-state index in [0.29, 0.717) is 5.92 Å². The van der Waals surface area contributed by atoms with Crippen molar-refractivity contribution in [3.8, 4) is 11.3 Å². The van der Waals surface area contributed by atoms with Crippen LogP contribution in [0.5, 0.6) is 0 Å². The number of nitrogens with one attached hydrogen (secondary N) is 1. The van der Waals surface area contributed by atoms with E-state index in [1.807, 2.05) is 12.3 Å². The lowest BCUT2D eigenvalue weighted by Crippen LogP contribution is -1.86. The number of aromatic nitrogens is 2. The van der Waals surface area contributed by atoms with Gasteiger partial charge in [0.05, 0.1) is 11.9 Å². The highest BCUT2D eigenvalue weighted by molar-refractivity contribution is 7.79. The molecule has 2 aromatic rings. The minimum atomic E-state index is 0.678. The van der Waals surface area contributed by atoms with Crippen molar-refractivity contribution in [2.24, 2.45) is 0 Å².